The molecule has 4 heterocycles. The molecule has 3 aromatic rings. The van der Waals surface area contributed by atoms with Crippen LogP contribution in [0.1, 0.15) is 13.8 Å². The molecule has 1 aromatic carbocycles. The van der Waals surface area contributed by atoms with Gasteiger partial charge in [0.25, 0.3) is 0 Å². The number of fused-ring (bicyclic) bond motifs is 3. The molecule has 6 heteroatoms. The van der Waals surface area contributed by atoms with Gasteiger partial charge in [-0.25, -0.2) is 4.98 Å². The van der Waals surface area contributed by atoms with Crippen molar-refractivity contribution in [2.45, 2.75) is 19.5 Å². The Morgan fingerprint density at radius 3 is 2.67 bits per heavy atom. The van der Waals surface area contributed by atoms with Crippen LogP contribution in [0.2, 0.25) is 0 Å². The highest BCUT2D eigenvalue weighted by Crippen LogP contribution is 2.34. The van der Waals surface area contributed by atoms with Gasteiger partial charge in [-0.1, -0.05) is 24.2 Å². The van der Waals surface area contributed by atoms with Crippen LogP contribution in [0.25, 0.3) is 23.3 Å². The van der Waals surface area contributed by atoms with E-state index in [0.29, 0.717) is 5.71 Å². The van der Waals surface area contributed by atoms with Crippen LogP contribution in [-0.2, 0) is 0 Å². The first-order valence-corrected chi connectivity index (χ1v) is 9.16. The third kappa shape index (κ3) is 2.36. The van der Waals surface area contributed by atoms with E-state index in [4.69, 9.17) is 4.42 Å². The molecule has 0 radical (unpaired) electrons. The van der Waals surface area contributed by atoms with Gasteiger partial charge in [0.1, 0.15) is 5.66 Å². The molecule has 0 spiro atoms. The van der Waals surface area contributed by atoms with Gasteiger partial charge in [0, 0.05) is 41.1 Å². The summed E-state index contributed by atoms with van der Waals surface area (Å²) in [4.78, 5) is 11.2. The first-order valence-electron chi connectivity index (χ1n) is 9.16. The molecular formula is C21H21BN4O. The minimum absolute atomic E-state index is 0.0819. The highest BCUT2D eigenvalue weighted by atomic mass is 16.3. The quantitative estimate of drug-likeness (QED) is 0.659. The van der Waals surface area contributed by atoms with Crippen LogP contribution in [0.5, 0.6) is 0 Å². The minimum Gasteiger partial charge on any atom is -0.436 e. The SMILES string of the molecule is CN1C=c2oc3ncccc3c2=CB1N1C=CN(c2ccccc2)C1(C)C. The monoisotopic (exact) mass is 356 g/mol. The zero-order chi connectivity index (χ0) is 18.6. The Morgan fingerprint density at radius 1 is 1.04 bits per heavy atom. The van der Waals surface area contributed by atoms with Crippen LogP contribution in [0, 0.1) is 0 Å². The Hall–Kier alpha value is -3.15. The average Bonchev–Trinajstić information content (AvgIpc) is 3.17. The first-order chi connectivity index (χ1) is 13.1. The Labute approximate surface area is 158 Å². The van der Waals surface area contributed by atoms with E-state index in [1.807, 2.05) is 12.1 Å². The van der Waals surface area contributed by atoms with Crippen molar-refractivity contribution in [1.29, 1.82) is 0 Å². The summed E-state index contributed by atoms with van der Waals surface area (Å²) in [5.41, 5.74) is 2.52. The molecule has 0 N–H and O–H groups in total. The molecule has 0 fully saturated rings. The summed E-state index contributed by atoms with van der Waals surface area (Å²) in [6.07, 6.45) is 8.16. The highest BCUT2D eigenvalue weighted by Gasteiger charge is 2.42. The van der Waals surface area contributed by atoms with Gasteiger partial charge < -0.3 is 18.9 Å². The summed E-state index contributed by atoms with van der Waals surface area (Å²) in [6, 6.07) is 14.5. The third-order valence-corrected chi connectivity index (χ3v) is 5.50. The van der Waals surface area contributed by atoms with Crippen LogP contribution in [0.4, 0.5) is 5.69 Å². The molecule has 0 aliphatic carbocycles. The average molecular weight is 356 g/mol. The predicted octanol–water partition coefficient (Wildman–Crippen LogP) is 2.35. The van der Waals surface area contributed by atoms with Crippen molar-refractivity contribution in [1.82, 2.24) is 14.6 Å². The van der Waals surface area contributed by atoms with Crippen LogP contribution < -0.4 is 15.5 Å². The van der Waals surface area contributed by atoms with Gasteiger partial charge in [0.15, 0.2) is 5.42 Å². The van der Waals surface area contributed by atoms with E-state index < -0.39 is 0 Å². The zero-order valence-electron chi connectivity index (χ0n) is 15.7. The number of hydrogen-bond acceptors (Lipinski definition) is 5. The molecule has 2 aliphatic rings. The number of benzene rings is 1. The van der Waals surface area contributed by atoms with Crippen LogP contribution in [0.15, 0.2) is 65.5 Å². The molecule has 0 atom stereocenters. The van der Waals surface area contributed by atoms with Gasteiger partial charge >= 0.3 is 6.98 Å². The number of hydrogen-bond donors (Lipinski definition) is 0. The summed E-state index contributed by atoms with van der Waals surface area (Å²) in [5, 5.41) is 2.17. The smallest absolute Gasteiger partial charge is 0.405 e. The number of furan rings is 1. The second-order valence-electron chi connectivity index (χ2n) is 7.52. The molecule has 2 aromatic heterocycles. The lowest BCUT2D eigenvalue weighted by Crippen LogP contribution is -2.60. The molecule has 0 unspecified atom stereocenters. The van der Waals surface area contributed by atoms with Crippen molar-refractivity contribution in [2.24, 2.45) is 0 Å². The number of pyridine rings is 1. The first kappa shape index (κ1) is 16.1. The van der Waals surface area contributed by atoms with Gasteiger partial charge in [-0.2, -0.15) is 0 Å². The number of rotatable bonds is 2. The van der Waals surface area contributed by atoms with E-state index in [-0.39, 0.29) is 12.6 Å². The second-order valence-corrected chi connectivity index (χ2v) is 7.52. The molecule has 0 bridgehead atoms. The largest absolute Gasteiger partial charge is 0.436 e. The van der Waals surface area contributed by atoms with E-state index in [9.17, 15) is 0 Å². The topological polar surface area (TPSA) is 35.8 Å². The summed E-state index contributed by atoms with van der Waals surface area (Å²) >= 11 is 0. The maximum Gasteiger partial charge on any atom is 0.405 e. The zero-order valence-corrected chi connectivity index (χ0v) is 15.7. The Balaban J connectivity index is 1.58. The van der Waals surface area contributed by atoms with Gasteiger partial charge in [-0.15, -0.1) is 0 Å². The molecular weight excluding hydrogens is 335 g/mol. The molecule has 5 rings (SSSR count). The number of para-hydroxylation sites is 1. The van der Waals surface area contributed by atoms with E-state index in [2.05, 4.69) is 95.3 Å². The van der Waals surface area contributed by atoms with E-state index in [1.165, 1.54) is 5.69 Å². The van der Waals surface area contributed by atoms with Crippen molar-refractivity contribution in [3.63, 3.8) is 0 Å². The summed E-state index contributed by atoms with van der Waals surface area (Å²) in [7, 11) is 2.08. The minimum atomic E-state index is -0.208. The summed E-state index contributed by atoms with van der Waals surface area (Å²) in [6.45, 7) is 4.57. The number of nitrogens with zero attached hydrogens (tertiary/aromatic N) is 4. The molecule has 0 saturated heterocycles. The summed E-state index contributed by atoms with van der Waals surface area (Å²) in [5.74, 6) is 2.27. The lowest BCUT2D eigenvalue weighted by molar-refractivity contribution is 0.311. The van der Waals surface area contributed by atoms with Crippen molar-refractivity contribution in [3.8, 4) is 0 Å². The van der Waals surface area contributed by atoms with Crippen LogP contribution in [-0.4, -0.2) is 34.3 Å². The fourth-order valence-corrected chi connectivity index (χ4v) is 4.07. The molecule has 0 saturated carbocycles. The molecule has 5 nitrogen and oxygen atoms in total. The van der Waals surface area contributed by atoms with E-state index in [1.54, 1.807) is 6.20 Å². The highest BCUT2D eigenvalue weighted by molar-refractivity contribution is 6.69. The van der Waals surface area contributed by atoms with Crippen molar-refractivity contribution in [2.75, 3.05) is 11.9 Å². The van der Waals surface area contributed by atoms with E-state index in [0.717, 1.165) is 16.0 Å². The molecule has 2 aliphatic heterocycles. The Kier molecular flexibility index (Phi) is 3.38. The van der Waals surface area contributed by atoms with Crippen LogP contribution >= 0.6 is 0 Å². The lowest BCUT2D eigenvalue weighted by atomic mass is 9.68. The van der Waals surface area contributed by atoms with Crippen LogP contribution in [0.3, 0.4) is 0 Å². The Morgan fingerprint density at radius 2 is 1.85 bits per heavy atom. The Bertz CT molecular complexity index is 1150. The van der Waals surface area contributed by atoms with E-state index >= 15 is 0 Å². The fraction of sp³-hybridized carbons (Fsp3) is 0.190. The van der Waals surface area contributed by atoms with Crippen molar-refractivity contribution < 1.29 is 4.42 Å². The van der Waals surface area contributed by atoms with Gasteiger partial charge in [0.05, 0.1) is 0 Å². The maximum absolute atomic E-state index is 5.93. The second kappa shape index (κ2) is 5.68. The summed E-state index contributed by atoms with van der Waals surface area (Å²) < 4.78 is 5.93. The van der Waals surface area contributed by atoms with Gasteiger partial charge in [-0.05, 0) is 45.2 Å². The molecule has 27 heavy (non-hydrogen) atoms. The standard InChI is InChI=1S/C21H21BN4O/c1-21(2)25(16-8-5-4-6-9-16)12-13-26(21)22-14-18-17-10-7-11-23-20(17)27-19(18)15-24(22)3/h4-15H,1-3H3. The molecule has 0 amide bonds. The van der Waals surface area contributed by atoms with Crippen molar-refractivity contribution in [3.05, 3.63) is 71.7 Å². The number of anilines is 1. The van der Waals surface area contributed by atoms with Gasteiger partial charge in [0.2, 0.25) is 5.71 Å². The third-order valence-electron chi connectivity index (χ3n) is 5.50. The van der Waals surface area contributed by atoms with Crippen molar-refractivity contribution >= 4 is 35.9 Å². The normalized spacial score (nSPS) is 17.9. The predicted molar refractivity (Wildman–Crippen MR) is 110 cm³/mol. The fourth-order valence-electron chi connectivity index (χ4n) is 4.07. The maximum atomic E-state index is 5.93. The van der Waals surface area contributed by atoms with Gasteiger partial charge in [-0.3, -0.25) is 0 Å². The molecule has 134 valence electrons. The number of aromatic nitrogens is 1. The lowest BCUT2D eigenvalue weighted by Gasteiger charge is -2.44.